The molecule has 32 heteroatoms. The van der Waals surface area contributed by atoms with Crippen LogP contribution < -0.4 is 0 Å². The molecule has 6 nitrogen and oxygen atoms in total. The third kappa shape index (κ3) is 7.29. The fourth-order valence-electron chi connectivity index (χ4n) is 3.17. The van der Waals surface area contributed by atoms with E-state index in [2.05, 4.69) is 9.47 Å². The van der Waals surface area contributed by atoms with Gasteiger partial charge in [0, 0.05) is 0 Å². The Morgan fingerprint density at radius 2 is 0.577 bits per heavy atom. The zero-order valence-electron chi connectivity index (χ0n) is 23.9. The molecule has 2 amide bonds. The number of hydrogen-bond acceptors (Lipinski definition) is 4. The smallest absolute Gasteiger partial charge is 0.437 e. The van der Waals surface area contributed by atoms with Gasteiger partial charge < -0.3 is 9.47 Å². The van der Waals surface area contributed by atoms with Crippen LogP contribution in [0.25, 0.3) is 0 Å². The Morgan fingerprint density at radius 1 is 0.385 bits per heavy atom. The Kier molecular flexibility index (Phi) is 13.0. The van der Waals surface area contributed by atoms with Crippen molar-refractivity contribution in [3.05, 3.63) is 0 Å². The zero-order valence-corrected chi connectivity index (χ0v) is 23.9. The number of carbonyl (C=O) groups excluding carboxylic acids is 2. The molecule has 0 heterocycles. The lowest BCUT2D eigenvalue weighted by Crippen LogP contribution is -2.71. The number of alkyl halides is 26. The quantitative estimate of drug-likeness (QED) is 0.129. The minimum Gasteiger partial charge on any atom is -0.437 e. The van der Waals surface area contributed by atoms with Gasteiger partial charge >= 0.3 is 83.8 Å². The summed E-state index contributed by atoms with van der Waals surface area (Å²) in [6, 6.07) is 0. The van der Waals surface area contributed by atoms with E-state index in [0.717, 1.165) is 0 Å². The molecule has 52 heavy (non-hydrogen) atoms. The van der Waals surface area contributed by atoms with E-state index in [4.69, 9.17) is 0 Å². The van der Waals surface area contributed by atoms with Crippen LogP contribution in [0.2, 0.25) is 0 Å². The molecule has 2 unspecified atom stereocenters. The zero-order chi connectivity index (χ0) is 42.6. The first-order chi connectivity index (χ1) is 22.4. The molecule has 0 aliphatic heterocycles. The lowest BCUT2D eigenvalue weighted by Gasteiger charge is -2.41. The van der Waals surface area contributed by atoms with E-state index in [1.54, 1.807) is 10.2 Å². The predicted octanol–water partition coefficient (Wildman–Crippen LogP) is 10.7. The largest absolute Gasteiger partial charge is 0.460 e. The lowest BCUT2D eigenvalue weighted by atomic mass is 9.91. The van der Waals surface area contributed by atoms with Crippen LogP contribution >= 0.6 is 0 Å². The summed E-state index contributed by atoms with van der Waals surface area (Å²) < 4.78 is 352. The first kappa shape index (κ1) is 48.7. The molecule has 0 aliphatic carbocycles. The molecule has 0 aliphatic rings. The van der Waals surface area contributed by atoms with Crippen molar-refractivity contribution in [2.45, 2.75) is 110 Å². The molecule has 0 aromatic rings. The van der Waals surface area contributed by atoms with Crippen molar-refractivity contribution in [1.29, 1.82) is 0 Å². The number of ether oxygens (including phenoxy) is 2. The molecule has 308 valence electrons. The van der Waals surface area contributed by atoms with Crippen LogP contribution in [0.1, 0.15) is 26.7 Å². The number of halogens is 26. The molecule has 0 aromatic carbocycles. The molecule has 0 radical (unpaired) electrons. The Hall–Kier alpha value is -3.28. The maximum Gasteiger partial charge on any atom is 0.460 e. The maximum atomic E-state index is 14.2. The van der Waals surface area contributed by atoms with Crippen LogP contribution in [-0.4, -0.2) is 96.0 Å². The molecular formula is C20H12F26N2O4. The number of hydrogen-bond donors (Lipinski definition) is 0. The van der Waals surface area contributed by atoms with Crippen LogP contribution in [0.15, 0.2) is 10.2 Å². The average molecular weight is 838 g/mol. The van der Waals surface area contributed by atoms with Crippen molar-refractivity contribution in [1.82, 2.24) is 0 Å². The van der Waals surface area contributed by atoms with Crippen LogP contribution in [0.5, 0.6) is 0 Å². The van der Waals surface area contributed by atoms with E-state index in [9.17, 15) is 124 Å². The summed E-state index contributed by atoms with van der Waals surface area (Å²) >= 11 is 0. The Balaban J connectivity index is 6.39. The standard InChI is InChI=1S/C20H12F26N2O4/c1-3-5(9(21,22)11(25,26)13(29,30)15(33,34)17(37,38)19(41,42)43)51-7(49)47-48-8(50)52-6(4-2)10(23,24)12(27,28)14(31,32)16(35,36)18(39,40)20(44,45)46/h5-6H,3-4H2,1-2H3. The SMILES string of the molecule is CCC(OC(=O)N=NC(=O)OC(CC)C(F)(F)C(F)(F)C(F)(F)C(F)(F)C(F)(F)C(F)(F)F)C(F)(F)C(F)(F)C(F)(F)C(F)(F)C(F)(F)C(F)(F)F. The minimum atomic E-state index is -8.41. The number of rotatable bonds is 14. The lowest BCUT2D eigenvalue weighted by molar-refractivity contribution is -0.444. The monoisotopic (exact) mass is 838 g/mol. The molecular weight excluding hydrogens is 826 g/mol. The van der Waals surface area contributed by atoms with Gasteiger partial charge in [0.25, 0.3) is 0 Å². The molecule has 0 saturated heterocycles. The van der Waals surface area contributed by atoms with Gasteiger partial charge in [0.15, 0.2) is 12.2 Å². The van der Waals surface area contributed by atoms with Gasteiger partial charge in [0.2, 0.25) is 0 Å². The predicted molar refractivity (Wildman–Crippen MR) is 108 cm³/mol. The Labute approximate surface area is 267 Å². The third-order valence-electron chi connectivity index (χ3n) is 6.17. The summed E-state index contributed by atoms with van der Waals surface area (Å²) in [5.41, 5.74) is 0. The summed E-state index contributed by atoms with van der Waals surface area (Å²) in [6.07, 6.45) is -34.9. The minimum absolute atomic E-state index is 0.0753. The van der Waals surface area contributed by atoms with Crippen molar-refractivity contribution in [3.63, 3.8) is 0 Å². The first-order valence-electron chi connectivity index (χ1n) is 12.2. The fraction of sp³-hybridized carbons (Fsp3) is 0.900. The van der Waals surface area contributed by atoms with Crippen LogP contribution in [0.4, 0.5) is 124 Å². The van der Waals surface area contributed by atoms with Crippen molar-refractivity contribution in [2.24, 2.45) is 10.2 Å². The third-order valence-corrected chi connectivity index (χ3v) is 6.17. The van der Waals surface area contributed by atoms with Gasteiger partial charge in [-0.3, -0.25) is 0 Å². The van der Waals surface area contributed by atoms with E-state index in [-0.39, 0.29) is 13.8 Å². The highest BCUT2D eigenvalue weighted by molar-refractivity contribution is 5.73. The second kappa shape index (κ2) is 13.9. The van der Waals surface area contributed by atoms with E-state index in [1.807, 2.05) is 0 Å². The second-order valence-electron chi connectivity index (χ2n) is 9.60. The van der Waals surface area contributed by atoms with Crippen molar-refractivity contribution in [3.8, 4) is 0 Å². The molecule has 0 aromatic heterocycles. The average Bonchev–Trinajstić information content (AvgIpc) is 2.95. The van der Waals surface area contributed by atoms with Crippen LogP contribution in [0.3, 0.4) is 0 Å². The topological polar surface area (TPSA) is 77.3 Å². The van der Waals surface area contributed by atoms with Crippen molar-refractivity contribution >= 4 is 12.2 Å². The van der Waals surface area contributed by atoms with Gasteiger partial charge in [-0.1, -0.05) is 24.1 Å². The summed E-state index contributed by atoms with van der Waals surface area (Å²) in [6.45, 7) is 0.151. The van der Waals surface area contributed by atoms with Crippen LogP contribution in [0, 0.1) is 0 Å². The Morgan fingerprint density at radius 3 is 0.750 bits per heavy atom. The van der Waals surface area contributed by atoms with Gasteiger partial charge in [0.05, 0.1) is 0 Å². The van der Waals surface area contributed by atoms with E-state index >= 15 is 0 Å². The van der Waals surface area contributed by atoms with Gasteiger partial charge in [-0.05, 0) is 12.8 Å². The summed E-state index contributed by atoms with van der Waals surface area (Å²) in [5, 5.41) is 3.30. The molecule has 0 rings (SSSR count). The second-order valence-corrected chi connectivity index (χ2v) is 9.60. The highest BCUT2D eigenvalue weighted by atomic mass is 19.4. The fourth-order valence-corrected chi connectivity index (χ4v) is 3.17. The van der Waals surface area contributed by atoms with E-state index in [0.29, 0.717) is 0 Å². The number of carbonyl (C=O) groups is 2. The molecule has 0 bridgehead atoms. The number of azo groups is 1. The van der Waals surface area contributed by atoms with Gasteiger partial charge in [0.1, 0.15) is 0 Å². The summed E-state index contributed by atoms with van der Waals surface area (Å²) in [7, 11) is 0. The number of amides is 2. The molecule has 0 N–H and O–H groups in total. The highest BCUT2D eigenvalue weighted by Crippen LogP contribution is 2.62. The van der Waals surface area contributed by atoms with E-state index in [1.165, 1.54) is 0 Å². The Bertz CT molecular complexity index is 1220. The van der Waals surface area contributed by atoms with Gasteiger partial charge in [-0.25, -0.2) is 9.59 Å². The normalized spacial score (nSPS) is 16.9. The molecule has 2 atom stereocenters. The van der Waals surface area contributed by atoms with Crippen molar-refractivity contribution in [2.75, 3.05) is 0 Å². The number of nitrogens with zero attached hydrogens (tertiary/aromatic N) is 2. The van der Waals surface area contributed by atoms with Crippen molar-refractivity contribution < 1.29 is 133 Å². The van der Waals surface area contributed by atoms with E-state index < -0.39 is 109 Å². The van der Waals surface area contributed by atoms with Crippen LogP contribution in [-0.2, 0) is 9.47 Å². The molecule has 0 spiro atoms. The summed E-state index contributed by atoms with van der Waals surface area (Å²) in [5.74, 6) is -80.4. The first-order valence-corrected chi connectivity index (χ1v) is 12.2. The van der Waals surface area contributed by atoms with Gasteiger partial charge in [-0.15, -0.1) is 0 Å². The molecule has 0 fully saturated rings. The highest BCUT2D eigenvalue weighted by Gasteiger charge is 2.93. The molecule has 0 saturated carbocycles. The summed E-state index contributed by atoms with van der Waals surface area (Å²) in [4.78, 5) is 22.9. The van der Waals surface area contributed by atoms with Gasteiger partial charge in [-0.2, -0.15) is 114 Å². The maximum absolute atomic E-state index is 14.2.